The summed E-state index contributed by atoms with van der Waals surface area (Å²) in [6, 6.07) is 1.77. The first-order valence-corrected chi connectivity index (χ1v) is 6.81. The molecule has 1 aromatic rings. The van der Waals surface area contributed by atoms with Gasteiger partial charge in [0.25, 0.3) is 5.91 Å². The van der Waals surface area contributed by atoms with E-state index in [1.807, 2.05) is 0 Å². The van der Waals surface area contributed by atoms with E-state index in [2.05, 4.69) is 16.0 Å². The van der Waals surface area contributed by atoms with E-state index in [4.69, 9.17) is 0 Å². The van der Waals surface area contributed by atoms with Gasteiger partial charge in [-0.15, -0.1) is 0 Å². The molecule has 1 saturated heterocycles. The van der Waals surface area contributed by atoms with Crippen molar-refractivity contribution in [1.29, 1.82) is 0 Å². The summed E-state index contributed by atoms with van der Waals surface area (Å²) >= 11 is 0. The second kappa shape index (κ2) is 6.51. The van der Waals surface area contributed by atoms with Crippen LogP contribution < -0.4 is 16.0 Å². The van der Waals surface area contributed by atoms with Crippen LogP contribution in [0, 0.1) is 11.6 Å². The molecule has 7 heteroatoms. The Balaban J connectivity index is 2.07. The Morgan fingerprint density at radius 1 is 1.38 bits per heavy atom. The Bertz CT molecular complexity index is 530. The van der Waals surface area contributed by atoms with Gasteiger partial charge in [0.2, 0.25) is 5.91 Å². The molecule has 2 rings (SSSR count). The Morgan fingerprint density at radius 2 is 2.05 bits per heavy atom. The van der Waals surface area contributed by atoms with Crippen molar-refractivity contribution < 1.29 is 18.4 Å². The lowest BCUT2D eigenvalue weighted by molar-refractivity contribution is -0.122. The Morgan fingerprint density at radius 3 is 2.57 bits per heavy atom. The van der Waals surface area contributed by atoms with Crippen LogP contribution in [-0.4, -0.2) is 30.9 Å². The van der Waals surface area contributed by atoms with Gasteiger partial charge in [0, 0.05) is 31.1 Å². The van der Waals surface area contributed by atoms with Gasteiger partial charge < -0.3 is 16.0 Å². The highest BCUT2D eigenvalue weighted by molar-refractivity contribution is 5.95. The highest BCUT2D eigenvalue weighted by Crippen LogP contribution is 2.20. The summed E-state index contributed by atoms with van der Waals surface area (Å²) < 4.78 is 27.5. The fourth-order valence-corrected chi connectivity index (χ4v) is 2.17. The first-order valence-electron chi connectivity index (χ1n) is 6.81. The SMILES string of the molecule is CCNc1c(F)cc(C(=O)NC2CCC(=O)NC2)cc1F. The van der Waals surface area contributed by atoms with E-state index in [-0.39, 0.29) is 23.2 Å². The minimum Gasteiger partial charge on any atom is -0.381 e. The highest BCUT2D eigenvalue weighted by Gasteiger charge is 2.21. The van der Waals surface area contributed by atoms with Crippen LogP contribution in [0.4, 0.5) is 14.5 Å². The first kappa shape index (κ1) is 15.2. The molecule has 0 spiro atoms. The van der Waals surface area contributed by atoms with Crippen LogP contribution in [-0.2, 0) is 4.79 Å². The fraction of sp³-hybridized carbons (Fsp3) is 0.429. The molecule has 1 fully saturated rings. The van der Waals surface area contributed by atoms with Gasteiger partial charge >= 0.3 is 0 Å². The maximum atomic E-state index is 13.7. The molecule has 1 aliphatic rings. The lowest BCUT2D eigenvalue weighted by atomic mass is 10.1. The maximum Gasteiger partial charge on any atom is 0.251 e. The van der Waals surface area contributed by atoms with Gasteiger partial charge in [-0.25, -0.2) is 8.78 Å². The van der Waals surface area contributed by atoms with Gasteiger partial charge in [-0.3, -0.25) is 9.59 Å². The molecule has 1 atom stereocenters. The molecular weight excluding hydrogens is 280 g/mol. The average molecular weight is 297 g/mol. The number of carbonyl (C=O) groups excluding carboxylic acids is 2. The number of anilines is 1. The zero-order valence-electron chi connectivity index (χ0n) is 11.6. The number of carbonyl (C=O) groups is 2. The minimum absolute atomic E-state index is 0.0624. The van der Waals surface area contributed by atoms with Crippen molar-refractivity contribution in [3.05, 3.63) is 29.3 Å². The van der Waals surface area contributed by atoms with E-state index >= 15 is 0 Å². The molecule has 1 heterocycles. The normalized spacial score (nSPS) is 18.0. The Kier molecular flexibility index (Phi) is 4.72. The van der Waals surface area contributed by atoms with E-state index in [9.17, 15) is 18.4 Å². The van der Waals surface area contributed by atoms with E-state index in [0.717, 1.165) is 12.1 Å². The number of hydrogen-bond donors (Lipinski definition) is 3. The van der Waals surface area contributed by atoms with Crippen molar-refractivity contribution in [1.82, 2.24) is 10.6 Å². The van der Waals surface area contributed by atoms with Crippen LogP contribution in [0.2, 0.25) is 0 Å². The fourth-order valence-electron chi connectivity index (χ4n) is 2.17. The zero-order valence-corrected chi connectivity index (χ0v) is 11.6. The number of piperidine rings is 1. The molecule has 114 valence electrons. The van der Waals surface area contributed by atoms with Crippen LogP contribution in [0.1, 0.15) is 30.1 Å². The van der Waals surface area contributed by atoms with E-state index < -0.39 is 17.5 Å². The molecule has 0 aliphatic carbocycles. The van der Waals surface area contributed by atoms with Crippen molar-refractivity contribution in [2.75, 3.05) is 18.4 Å². The number of nitrogens with one attached hydrogen (secondary N) is 3. The highest BCUT2D eigenvalue weighted by atomic mass is 19.1. The molecule has 1 aliphatic heterocycles. The van der Waals surface area contributed by atoms with E-state index in [1.54, 1.807) is 6.92 Å². The third-order valence-corrected chi connectivity index (χ3v) is 3.26. The lowest BCUT2D eigenvalue weighted by Crippen LogP contribution is -2.47. The molecule has 0 saturated carbocycles. The van der Waals surface area contributed by atoms with Crippen molar-refractivity contribution in [3.63, 3.8) is 0 Å². The number of benzene rings is 1. The Hall–Kier alpha value is -2.18. The molecule has 2 amide bonds. The van der Waals surface area contributed by atoms with Gasteiger partial charge in [0.05, 0.1) is 0 Å². The molecule has 0 aromatic heterocycles. The smallest absolute Gasteiger partial charge is 0.251 e. The van der Waals surface area contributed by atoms with Gasteiger partial charge in [-0.1, -0.05) is 0 Å². The van der Waals surface area contributed by atoms with Crippen LogP contribution in [0.5, 0.6) is 0 Å². The van der Waals surface area contributed by atoms with Crippen molar-refractivity contribution in [3.8, 4) is 0 Å². The van der Waals surface area contributed by atoms with Crippen molar-refractivity contribution >= 4 is 17.5 Å². The summed E-state index contributed by atoms with van der Waals surface area (Å²) in [6.07, 6.45) is 0.838. The van der Waals surface area contributed by atoms with E-state index in [1.165, 1.54) is 0 Å². The summed E-state index contributed by atoms with van der Waals surface area (Å²) in [6.45, 7) is 2.42. The van der Waals surface area contributed by atoms with Gasteiger partial charge in [0.15, 0.2) is 0 Å². The quantitative estimate of drug-likeness (QED) is 0.787. The molecule has 1 aromatic carbocycles. The van der Waals surface area contributed by atoms with Crippen LogP contribution in [0.3, 0.4) is 0 Å². The van der Waals surface area contributed by atoms with Gasteiger partial charge in [0.1, 0.15) is 17.3 Å². The third-order valence-electron chi connectivity index (χ3n) is 3.26. The molecule has 21 heavy (non-hydrogen) atoms. The summed E-state index contributed by atoms with van der Waals surface area (Å²) in [4.78, 5) is 23.0. The predicted octanol–water partition coefficient (Wildman–Crippen LogP) is 1.40. The number of amides is 2. The summed E-state index contributed by atoms with van der Waals surface area (Å²) in [5.41, 5.74) is -0.317. The van der Waals surface area contributed by atoms with Crippen LogP contribution >= 0.6 is 0 Å². The van der Waals surface area contributed by atoms with Crippen molar-refractivity contribution in [2.45, 2.75) is 25.8 Å². The number of rotatable bonds is 4. The zero-order chi connectivity index (χ0) is 15.4. The maximum absolute atomic E-state index is 13.7. The van der Waals surface area contributed by atoms with Gasteiger partial charge in [-0.2, -0.15) is 0 Å². The average Bonchev–Trinajstić information content (AvgIpc) is 2.45. The van der Waals surface area contributed by atoms with Gasteiger partial charge in [-0.05, 0) is 25.5 Å². The van der Waals surface area contributed by atoms with E-state index in [0.29, 0.717) is 25.9 Å². The second-order valence-corrected chi connectivity index (χ2v) is 4.86. The lowest BCUT2D eigenvalue weighted by Gasteiger charge is -2.23. The van der Waals surface area contributed by atoms with Crippen LogP contribution in [0.25, 0.3) is 0 Å². The summed E-state index contributed by atoms with van der Waals surface area (Å²) in [5.74, 6) is -2.23. The second-order valence-electron chi connectivity index (χ2n) is 4.86. The standard InChI is InChI=1S/C14H17F2N3O2/c1-2-17-13-10(15)5-8(6-11(13)16)14(21)19-9-3-4-12(20)18-7-9/h5-6,9,17H,2-4,7H2,1H3,(H,18,20)(H,19,21). The first-order chi connectivity index (χ1) is 10.0. The third kappa shape index (κ3) is 3.68. The topological polar surface area (TPSA) is 70.2 Å². The minimum atomic E-state index is -0.807. The molecule has 5 nitrogen and oxygen atoms in total. The Labute approximate surface area is 121 Å². The molecule has 1 unspecified atom stereocenters. The van der Waals surface area contributed by atoms with Crippen molar-refractivity contribution in [2.24, 2.45) is 0 Å². The predicted molar refractivity (Wildman–Crippen MR) is 74.0 cm³/mol. The monoisotopic (exact) mass is 297 g/mol. The number of hydrogen-bond acceptors (Lipinski definition) is 3. The molecule has 3 N–H and O–H groups in total. The number of halogens is 2. The molecule has 0 radical (unpaired) electrons. The molecular formula is C14H17F2N3O2. The largest absolute Gasteiger partial charge is 0.381 e. The summed E-state index contributed by atoms with van der Waals surface area (Å²) in [7, 11) is 0. The molecule has 0 bridgehead atoms. The van der Waals surface area contributed by atoms with Crippen LogP contribution in [0.15, 0.2) is 12.1 Å². The summed E-state index contributed by atoms with van der Waals surface area (Å²) in [5, 5.41) is 7.85.